The Kier molecular flexibility index (Phi) is 5.11. The van der Waals surface area contributed by atoms with Crippen molar-refractivity contribution in [3.63, 3.8) is 0 Å². The molecule has 0 aliphatic heterocycles. The summed E-state index contributed by atoms with van der Waals surface area (Å²) in [5.41, 5.74) is 2.61. The standard InChI is InChI=1S/C20H22ClN3O/c1-23(2)17(14-9-5-4-6-10-14)13-22-20(25)19-18(21)15-11-7-8-12-16(15)24(19)3/h4-12,17H,13H2,1-3H3,(H,22,25). The lowest BCUT2D eigenvalue weighted by atomic mass is 10.1. The van der Waals surface area contributed by atoms with Crippen LogP contribution >= 0.6 is 11.6 Å². The molecule has 0 fully saturated rings. The van der Waals surface area contributed by atoms with Crippen LogP contribution in [-0.2, 0) is 7.05 Å². The minimum absolute atomic E-state index is 0.0959. The number of carbonyl (C=O) groups excluding carboxylic acids is 1. The van der Waals surface area contributed by atoms with Crippen molar-refractivity contribution < 1.29 is 4.79 Å². The Balaban J connectivity index is 1.83. The summed E-state index contributed by atoms with van der Waals surface area (Å²) in [6.45, 7) is 0.508. The van der Waals surface area contributed by atoms with Crippen LogP contribution in [0.2, 0.25) is 5.02 Å². The van der Waals surface area contributed by atoms with Crippen LogP contribution < -0.4 is 5.32 Å². The Morgan fingerprint density at radius 2 is 1.76 bits per heavy atom. The molecule has 1 unspecified atom stereocenters. The molecular weight excluding hydrogens is 334 g/mol. The molecular formula is C20H22ClN3O. The van der Waals surface area contributed by atoms with E-state index in [0.717, 1.165) is 16.5 Å². The van der Waals surface area contributed by atoms with E-state index in [-0.39, 0.29) is 11.9 Å². The molecule has 1 amide bonds. The van der Waals surface area contributed by atoms with Crippen LogP contribution in [0.25, 0.3) is 10.9 Å². The number of likely N-dealkylation sites (N-methyl/N-ethyl adjacent to an activating group) is 1. The molecule has 4 nitrogen and oxygen atoms in total. The third kappa shape index (κ3) is 3.41. The first-order valence-corrected chi connectivity index (χ1v) is 8.61. The van der Waals surface area contributed by atoms with Crippen LogP contribution in [0.5, 0.6) is 0 Å². The minimum atomic E-state index is -0.161. The number of benzene rings is 2. The third-order valence-electron chi connectivity index (χ3n) is 4.52. The van der Waals surface area contributed by atoms with Crippen molar-refractivity contribution in [2.24, 2.45) is 7.05 Å². The van der Waals surface area contributed by atoms with Gasteiger partial charge in [0.2, 0.25) is 0 Å². The van der Waals surface area contributed by atoms with Crippen LogP contribution in [0, 0.1) is 0 Å². The predicted octanol–water partition coefficient (Wildman–Crippen LogP) is 3.86. The van der Waals surface area contributed by atoms with Gasteiger partial charge in [-0.15, -0.1) is 0 Å². The van der Waals surface area contributed by atoms with E-state index in [1.807, 2.05) is 68.2 Å². The van der Waals surface area contributed by atoms with Crippen LogP contribution in [0.3, 0.4) is 0 Å². The normalized spacial score (nSPS) is 12.5. The summed E-state index contributed by atoms with van der Waals surface area (Å²) in [4.78, 5) is 14.9. The molecule has 1 N–H and O–H groups in total. The molecule has 5 heteroatoms. The number of rotatable bonds is 5. The summed E-state index contributed by atoms with van der Waals surface area (Å²) in [7, 11) is 5.88. The highest BCUT2D eigenvalue weighted by Crippen LogP contribution is 2.29. The summed E-state index contributed by atoms with van der Waals surface area (Å²) in [6.07, 6.45) is 0. The Morgan fingerprint density at radius 1 is 1.12 bits per heavy atom. The van der Waals surface area contributed by atoms with E-state index in [1.54, 1.807) is 0 Å². The van der Waals surface area contributed by atoms with Gasteiger partial charge in [-0.25, -0.2) is 0 Å². The molecule has 0 aliphatic carbocycles. The number of hydrogen-bond donors (Lipinski definition) is 1. The second-order valence-corrected chi connectivity index (χ2v) is 6.72. The Hall–Kier alpha value is -2.30. The summed E-state index contributed by atoms with van der Waals surface area (Å²) >= 11 is 6.46. The number of fused-ring (bicyclic) bond motifs is 1. The van der Waals surface area contributed by atoms with Gasteiger partial charge in [-0.2, -0.15) is 0 Å². The van der Waals surface area contributed by atoms with Gasteiger partial charge in [0.25, 0.3) is 5.91 Å². The van der Waals surface area contributed by atoms with Gasteiger partial charge in [-0.1, -0.05) is 60.1 Å². The number of hydrogen-bond acceptors (Lipinski definition) is 2. The molecule has 1 aromatic heterocycles. The van der Waals surface area contributed by atoms with Gasteiger partial charge in [0.05, 0.1) is 11.1 Å². The predicted molar refractivity (Wildman–Crippen MR) is 103 cm³/mol. The highest BCUT2D eigenvalue weighted by atomic mass is 35.5. The fourth-order valence-corrected chi connectivity index (χ4v) is 3.52. The number of amides is 1. The Morgan fingerprint density at radius 3 is 2.40 bits per heavy atom. The highest BCUT2D eigenvalue weighted by Gasteiger charge is 2.21. The van der Waals surface area contributed by atoms with Gasteiger partial charge >= 0.3 is 0 Å². The molecule has 0 radical (unpaired) electrons. The Labute approximate surface area is 153 Å². The van der Waals surface area contributed by atoms with Gasteiger partial charge in [0.1, 0.15) is 5.69 Å². The van der Waals surface area contributed by atoms with E-state index in [0.29, 0.717) is 17.3 Å². The van der Waals surface area contributed by atoms with Crippen molar-refractivity contribution in [2.45, 2.75) is 6.04 Å². The van der Waals surface area contributed by atoms with E-state index < -0.39 is 0 Å². The molecule has 1 heterocycles. The average Bonchev–Trinajstić information content (AvgIpc) is 2.87. The zero-order chi connectivity index (χ0) is 18.0. The molecule has 0 saturated carbocycles. The lowest BCUT2D eigenvalue weighted by molar-refractivity contribution is 0.0934. The zero-order valence-electron chi connectivity index (χ0n) is 14.7. The van der Waals surface area contributed by atoms with Gasteiger partial charge in [0, 0.05) is 24.5 Å². The van der Waals surface area contributed by atoms with E-state index in [1.165, 1.54) is 0 Å². The number of nitrogens with zero attached hydrogens (tertiary/aromatic N) is 2. The number of aromatic nitrogens is 1. The second-order valence-electron chi connectivity index (χ2n) is 6.34. The monoisotopic (exact) mass is 355 g/mol. The number of carbonyl (C=O) groups is 1. The van der Waals surface area contributed by atoms with E-state index in [2.05, 4.69) is 22.3 Å². The molecule has 0 bridgehead atoms. The first kappa shape index (κ1) is 17.5. The van der Waals surface area contributed by atoms with E-state index in [9.17, 15) is 4.79 Å². The largest absolute Gasteiger partial charge is 0.349 e. The van der Waals surface area contributed by atoms with Gasteiger partial charge in [-0.3, -0.25) is 4.79 Å². The molecule has 3 rings (SSSR count). The fraction of sp³-hybridized carbons (Fsp3) is 0.250. The van der Waals surface area contributed by atoms with Crippen LogP contribution in [0.1, 0.15) is 22.1 Å². The smallest absolute Gasteiger partial charge is 0.269 e. The van der Waals surface area contributed by atoms with Crippen molar-refractivity contribution in [3.8, 4) is 0 Å². The van der Waals surface area contributed by atoms with Crippen molar-refractivity contribution in [3.05, 3.63) is 70.9 Å². The van der Waals surface area contributed by atoms with Crippen molar-refractivity contribution in [1.82, 2.24) is 14.8 Å². The highest BCUT2D eigenvalue weighted by molar-refractivity contribution is 6.38. The maximum atomic E-state index is 12.8. The van der Waals surface area contributed by atoms with Crippen molar-refractivity contribution >= 4 is 28.4 Å². The average molecular weight is 356 g/mol. The second kappa shape index (κ2) is 7.30. The number of para-hydroxylation sites is 1. The molecule has 2 aromatic carbocycles. The van der Waals surface area contributed by atoms with Gasteiger partial charge < -0.3 is 14.8 Å². The third-order valence-corrected chi connectivity index (χ3v) is 4.91. The maximum Gasteiger partial charge on any atom is 0.269 e. The molecule has 0 aliphatic rings. The summed E-state index contributed by atoms with van der Waals surface area (Å²) in [5.74, 6) is -0.161. The SMILES string of the molecule is CN(C)C(CNC(=O)c1c(Cl)c2ccccc2n1C)c1ccccc1. The van der Waals surface area contributed by atoms with E-state index >= 15 is 0 Å². The van der Waals surface area contributed by atoms with E-state index in [4.69, 9.17) is 11.6 Å². The van der Waals surface area contributed by atoms with Crippen molar-refractivity contribution in [1.29, 1.82) is 0 Å². The summed E-state index contributed by atoms with van der Waals surface area (Å²) < 4.78 is 1.85. The first-order chi connectivity index (χ1) is 12.0. The maximum absolute atomic E-state index is 12.8. The zero-order valence-corrected chi connectivity index (χ0v) is 15.4. The number of halogens is 1. The Bertz CT molecular complexity index is 848. The molecule has 130 valence electrons. The molecule has 25 heavy (non-hydrogen) atoms. The van der Waals surface area contributed by atoms with Crippen LogP contribution in [0.15, 0.2) is 54.6 Å². The summed E-state index contributed by atoms with van der Waals surface area (Å²) in [6, 6.07) is 18.0. The number of nitrogens with one attached hydrogen (secondary N) is 1. The molecule has 1 atom stereocenters. The van der Waals surface area contributed by atoms with Crippen LogP contribution in [0.4, 0.5) is 0 Å². The minimum Gasteiger partial charge on any atom is -0.349 e. The molecule has 0 spiro atoms. The van der Waals surface area contributed by atoms with Gasteiger partial charge in [-0.05, 0) is 25.7 Å². The molecule has 0 saturated heterocycles. The molecule has 3 aromatic rings. The fourth-order valence-electron chi connectivity index (χ4n) is 3.15. The summed E-state index contributed by atoms with van der Waals surface area (Å²) in [5, 5.41) is 4.43. The lowest BCUT2D eigenvalue weighted by Crippen LogP contribution is -2.35. The van der Waals surface area contributed by atoms with Gasteiger partial charge in [0.15, 0.2) is 0 Å². The topological polar surface area (TPSA) is 37.3 Å². The quantitative estimate of drug-likeness (QED) is 0.754. The van der Waals surface area contributed by atoms with Crippen LogP contribution in [-0.4, -0.2) is 36.0 Å². The first-order valence-electron chi connectivity index (χ1n) is 8.23. The van der Waals surface area contributed by atoms with Crippen molar-refractivity contribution in [2.75, 3.05) is 20.6 Å². The lowest BCUT2D eigenvalue weighted by Gasteiger charge is -2.25. The number of aryl methyl sites for hydroxylation is 1.